The molecule has 0 aliphatic carbocycles. The summed E-state index contributed by atoms with van der Waals surface area (Å²) in [5.74, 6) is 0. The fourth-order valence-corrected chi connectivity index (χ4v) is 1.71. The first-order chi connectivity index (χ1) is 7.29. The van der Waals surface area contributed by atoms with Crippen molar-refractivity contribution in [1.82, 2.24) is 4.90 Å². The van der Waals surface area contributed by atoms with E-state index in [9.17, 15) is 0 Å². The van der Waals surface area contributed by atoms with Crippen LogP contribution in [0.1, 0.15) is 32.4 Å². The third-order valence-corrected chi connectivity index (χ3v) is 2.64. The van der Waals surface area contributed by atoms with Crippen molar-refractivity contribution in [2.75, 3.05) is 13.1 Å². The zero-order valence-electron chi connectivity index (χ0n) is 9.73. The molecule has 0 amide bonds. The molecule has 1 aromatic carbocycles. The molecule has 0 saturated heterocycles. The highest BCUT2D eigenvalue weighted by molar-refractivity contribution is 5.18. The van der Waals surface area contributed by atoms with Gasteiger partial charge in [-0.05, 0) is 25.6 Å². The van der Waals surface area contributed by atoms with Crippen LogP contribution >= 0.6 is 0 Å². The smallest absolute Gasteiger partial charge is 0.0319 e. The van der Waals surface area contributed by atoms with Crippen molar-refractivity contribution < 1.29 is 0 Å². The van der Waals surface area contributed by atoms with Crippen LogP contribution in [0.25, 0.3) is 0 Å². The van der Waals surface area contributed by atoms with Crippen LogP contribution in [0.2, 0.25) is 0 Å². The van der Waals surface area contributed by atoms with Crippen molar-refractivity contribution in [3.63, 3.8) is 0 Å². The molecule has 0 aliphatic rings. The molecule has 0 fully saturated rings. The van der Waals surface area contributed by atoms with E-state index in [1.807, 2.05) is 0 Å². The van der Waals surface area contributed by atoms with Crippen LogP contribution in [0.5, 0.6) is 0 Å². The summed E-state index contributed by atoms with van der Waals surface area (Å²) < 4.78 is 0. The quantitative estimate of drug-likeness (QED) is 0.770. The van der Waals surface area contributed by atoms with E-state index in [1.165, 1.54) is 5.56 Å². The topological polar surface area (TPSA) is 44.2 Å². The van der Waals surface area contributed by atoms with E-state index in [2.05, 4.69) is 61.6 Å². The van der Waals surface area contributed by atoms with E-state index >= 15 is 0 Å². The highest BCUT2D eigenvalue weighted by atomic mass is 16.2. The van der Waals surface area contributed by atoms with Crippen molar-refractivity contribution in [2.24, 2.45) is 0 Å². The van der Waals surface area contributed by atoms with Gasteiger partial charge in [0.1, 0.15) is 0 Å². The Balaban J connectivity index is 0.000000921. The van der Waals surface area contributed by atoms with Crippen LogP contribution in [-0.4, -0.2) is 18.0 Å². The van der Waals surface area contributed by atoms with Gasteiger partial charge in [0.15, 0.2) is 0 Å². The maximum atomic E-state index is 7.50. The summed E-state index contributed by atoms with van der Waals surface area (Å²) in [5.41, 5.74) is 5.91. The molecule has 15 heavy (non-hydrogen) atoms. The van der Waals surface area contributed by atoms with E-state index < -0.39 is 0 Å². The third-order valence-electron chi connectivity index (χ3n) is 2.64. The maximum Gasteiger partial charge on any atom is 0.0319 e. The molecule has 0 aromatic heterocycles. The second-order valence-electron chi connectivity index (χ2n) is 3.31. The molecule has 1 aromatic rings. The van der Waals surface area contributed by atoms with Crippen LogP contribution < -0.4 is 0 Å². The summed E-state index contributed by atoms with van der Waals surface area (Å²) >= 11 is 0. The molecule has 3 heteroatoms. The van der Waals surface area contributed by atoms with E-state index in [-0.39, 0.29) is 0 Å². The third kappa shape index (κ3) is 4.21. The van der Waals surface area contributed by atoms with Gasteiger partial charge in [0.2, 0.25) is 0 Å². The van der Waals surface area contributed by atoms with Gasteiger partial charge in [0.25, 0.3) is 0 Å². The molecule has 1 rings (SSSR count). The van der Waals surface area contributed by atoms with Crippen LogP contribution in [0.15, 0.2) is 30.3 Å². The Morgan fingerprint density at radius 3 is 2.00 bits per heavy atom. The summed E-state index contributed by atoms with van der Waals surface area (Å²) in [7, 11) is 0. The number of nitrogens with zero attached hydrogens (tertiary/aromatic N) is 1. The molecule has 0 radical (unpaired) electrons. The Morgan fingerprint density at radius 2 is 1.60 bits per heavy atom. The Bertz CT molecular complexity index is 247. The second-order valence-corrected chi connectivity index (χ2v) is 3.31. The normalized spacial score (nSPS) is 11.7. The molecule has 1 unspecified atom stereocenters. The van der Waals surface area contributed by atoms with Crippen molar-refractivity contribution in [3.8, 4) is 0 Å². The number of hydrogen-bond donors (Lipinski definition) is 1. The Kier molecular flexibility index (Phi) is 7.46. The molecular formula is C12H20N2O. The van der Waals surface area contributed by atoms with Gasteiger partial charge in [0, 0.05) is 6.04 Å². The first-order valence-electron chi connectivity index (χ1n) is 5.29. The molecule has 0 saturated carbocycles. The predicted molar refractivity (Wildman–Crippen MR) is 63.9 cm³/mol. The standard InChI is InChI=1S/C12H19N.HNO/c1-4-13(5-2)11(3)12-9-7-6-8-10-12;1-2/h6-11H,4-5H2,1-3H3;1H. The monoisotopic (exact) mass is 208 g/mol. The molecule has 0 aliphatic heterocycles. The van der Waals surface area contributed by atoms with Gasteiger partial charge >= 0.3 is 0 Å². The van der Waals surface area contributed by atoms with Crippen LogP contribution in [0.4, 0.5) is 0 Å². The molecule has 1 N–H and O–H groups in total. The van der Waals surface area contributed by atoms with Gasteiger partial charge in [0.05, 0.1) is 0 Å². The second kappa shape index (κ2) is 8.12. The summed E-state index contributed by atoms with van der Waals surface area (Å²) in [6, 6.07) is 11.2. The molecule has 3 nitrogen and oxygen atoms in total. The number of rotatable bonds is 4. The summed E-state index contributed by atoms with van der Waals surface area (Å²) in [6.45, 7) is 8.92. The lowest BCUT2D eigenvalue weighted by atomic mass is 10.1. The van der Waals surface area contributed by atoms with Crippen LogP contribution in [0.3, 0.4) is 0 Å². The lowest BCUT2D eigenvalue weighted by Crippen LogP contribution is -2.26. The van der Waals surface area contributed by atoms with Gasteiger partial charge < -0.3 is 0 Å². The van der Waals surface area contributed by atoms with Gasteiger partial charge in [-0.25, -0.2) is 0 Å². The maximum absolute atomic E-state index is 7.50. The van der Waals surface area contributed by atoms with E-state index in [4.69, 9.17) is 4.91 Å². The summed E-state index contributed by atoms with van der Waals surface area (Å²) in [5, 5.41) is 0. The van der Waals surface area contributed by atoms with E-state index in [1.54, 1.807) is 0 Å². The van der Waals surface area contributed by atoms with Crippen molar-refractivity contribution >= 4 is 0 Å². The van der Waals surface area contributed by atoms with E-state index in [0.29, 0.717) is 6.04 Å². The van der Waals surface area contributed by atoms with Crippen molar-refractivity contribution in [2.45, 2.75) is 26.8 Å². The lowest BCUT2D eigenvalue weighted by molar-refractivity contribution is 0.234. The number of benzene rings is 1. The zero-order valence-corrected chi connectivity index (χ0v) is 9.73. The van der Waals surface area contributed by atoms with Gasteiger partial charge in [-0.15, -0.1) is 0 Å². The first-order valence-corrected chi connectivity index (χ1v) is 5.29. The highest BCUT2D eigenvalue weighted by Crippen LogP contribution is 2.18. The highest BCUT2D eigenvalue weighted by Gasteiger charge is 2.10. The van der Waals surface area contributed by atoms with E-state index in [0.717, 1.165) is 13.1 Å². The number of hydrogen-bond acceptors (Lipinski definition) is 3. The molecular weight excluding hydrogens is 188 g/mol. The SMILES string of the molecule is CCN(CC)C(C)c1ccccc1.N=O. The minimum absolute atomic E-state index is 0.538. The first kappa shape index (κ1) is 13.8. The molecule has 0 bridgehead atoms. The lowest BCUT2D eigenvalue weighted by Gasteiger charge is -2.26. The summed E-state index contributed by atoms with van der Waals surface area (Å²) in [6.07, 6.45) is 0. The van der Waals surface area contributed by atoms with Crippen molar-refractivity contribution in [3.05, 3.63) is 40.8 Å². The molecule has 84 valence electrons. The molecule has 1 atom stereocenters. The minimum atomic E-state index is 0.538. The molecule has 0 spiro atoms. The average Bonchev–Trinajstić information content (AvgIpc) is 2.34. The summed E-state index contributed by atoms with van der Waals surface area (Å²) in [4.78, 5) is 9.95. The number of nitroso groups, excluding NO2 is 1. The molecule has 0 heterocycles. The van der Waals surface area contributed by atoms with Gasteiger partial charge in [-0.1, -0.05) is 49.8 Å². The predicted octanol–water partition coefficient (Wildman–Crippen LogP) is 3.42. The Hall–Kier alpha value is -1.22. The van der Waals surface area contributed by atoms with Gasteiger partial charge in [-0.2, -0.15) is 4.91 Å². The van der Waals surface area contributed by atoms with Crippen LogP contribution in [0, 0.1) is 10.5 Å². The fourth-order valence-electron chi connectivity index (χ4n) is 1.71. The Morgan fingerprint density at radius 1 is 1.13 bits per heavy atom. The zero-order chi connectivity index (χ0) is 11.7. The Labute approximate surface area is 91.9 Å². The average molecular weight is 208 g/mol. The minimum Gasteiger partial charge on any atom is -0.297 e. The largest absolute Gasteiger partial charge is 0.297 e. The fraction of sp³-hybridized carbons (Fsp3) is 0.500. The van der Waals surface area contributed by atoms with Crippen molar-refractivity contribution in [1.29, 1.82) is 5.59 Å². The van der Waals surface area contributed by atoms with Gasteiger partial charge in [-0.3, -0.25) is 4.90 Å². The number of nitrogens with one attached hydrogen (secondary N) is 1. The van der Waals surface area contributed by atoms with Crippen LogP contribution in [-0.2, 0) is 0 Å².